The standard InChI is InChI=1S/C9H8F4N2O/c10-6-2-1-3-7(14-6)15-8(16)4-5-9(11,12)13/h1-3H,4-5H2,(H,14,15,16). The minimum atomic E-state index is -4.38. The van der Waals surface area contributed by atoms with E-state index in [-0.39, 0.29) is 5.82 Å². The summed E-state index contributed by atoms with van der Waals surface area (Å²) in [6.07, 6.45) is -6.30. The zero-order valence-corrected chi connectivity index (χ0v) is 8.01. The fourth-order valence-corrected chi connectivity index (χ4v) is 0.938. The highest BCUT2D eigenvalue weighted by atomic mass is 19.4. The van der Waals surface area contributed by atoms with Crippen LogP contribution in [0.4, 0.5) is 23.4 Å². The van der Waals surface area contributed by atoms with Crippen LogP contribution in [0.3, 0.4) is 0 Å². The average molecular weight is 236 g/mol. The molecule has 1 heterocycles. The SMILES string of the molecule is O=C(CCC(F)(F)F)Nc1cccc(F)n1. The number of aromatic nitrogens is 1. The second kappa shape index (κ2) is 4.91. The van der Waals surface area contributed by atoms with Gasteiger partial charge in [-0.25, -0.2) is 4.98 Å². The van der Waals surface area contributed by atoms with Gasteiger partial charge in [0.1, 0.15) is 5.82 Å². The van der Waals surface area contributed by atoms with Crippen molar-refractivity contribution >= 4 is 11.7 Å². The van der Waals surface area contributed by atoms with Gasteiger partial charge in [0, 0.05) is 6.42 Å². The van der Waals surface area contributed by atoms with E-state index in [2.05, 4.69) is 10.3 Å². The number of amides is 1. The second-order valence-corrected chi connectivity index (χ2v) is 3.01. The van der Waals surface area contributed by atoms with Gasteiger partial charge in [-0.15, -0.1) is 0 Å². The molecular weight excluding hydrogens is 228 g/mol. The van der Waals surface area contributed by atoms with Gasteiger partial charge in [0.15, 0.2) is 0 Å². The summed E-state index contributed by atoms with van der Waals surface area (Å²) in [5.74, 6) is -1.77. The molecule has 0 aliphatic rings. The number of nitrogens with one attached hydrogen (secondary N) is 1. The Morgan fingerprint density at radius 3 is 2.62 bits per heavy atom. The molecule has 1 amide bonds. The van der Waals surface area contributed by atoms with Gasteiger partial charge in [-0.05, 0) is 12.1 Å². The molecule has 0 spiro atoms. The van der Waals surface area contributed by atoms with Gasteiger partial charge >= 0.3 is 6.18 Å². The predicted octanol–water partition coefficient (Wildman–Crippen LogP) is 2.50. The van der Waals surface area contributed by atoms with Crippen LogP contribution in [0, 0.1) is 5.95 Å². The Kier molecular flexibility index (Phi) is 3.81. The first-order valence-electron chi connectivity index (χ1n) is 4.36. The highest BCUT2D eigenvalue weighted by molar-refractivity contribution is 5.89. The Morgan fingerprint density at radius 2 is 2.06 bits per heavy atom. The zero-order valence-electron chi connectivity index (χ0n) is 8.01. The summed E-state index contributed by atoms with van der Waals surface area (Å²) in [6.45, 7) is 0. The highest BCUT2D eigenvalue weighted by Crippen LogP contribution is 2.21. The van der Waals surface area contributed by atoms with Gasteiger partial charge in [-0.1, -0.05) is 6.07 Å². The minimum absolute atomic E-state index is 0.104. The number of pyridine rings is 1. The Hall–Kier alpha value is -1.66. The molecule has 88 valence electrons. The van der Waals surface area contributed by atoms with Crippen LogP contribution in [0.1, 0.15) is 12.8 Å². The first-order valence-corrected chi connectivity index (χ1v) is 4.36. The third-order valence-corrected chi connectivity index (χ3v) is 1.62. The largest absolute Gasteiger partial charge is 0.389 e. The number of anilines is 1. The van der Waals surface area contributed by atoms with E-state index >= 15 is 0 Å². The van der Waals surface area contributed by atoms with E-state index in [9.17, 15) is 22.4 Å². The van der Waals surface area contributed by atoms with Crippen LogP contribution >= 0.6 is 0 Å². The molecule has 3 nitrogen and oxygen atoms in total. The van der Waals surface area contributed by atoms with E-state index in [1.165, 1.54) is 12.1 Å². The number of nitrogens with zero attached hydrogens (tertiary/aromatic N) is 1. The van der Waals surface area contributed by atoms with Crippen molar-refractivity contribution in [1.82, 2.24) is 4.98 Å². The summed E-state index contributed by atoms with van der Waals surface area (Å²) in [7, 11) is 0. The van der Waals surface area contributed by atoms with E-state index in [4.69, 9.17) is 0 Å². The van der Waals surface area contributed by atoms with Crippen molar-refractivity contribution in [3.05, 3.63) is 24.1 Å². The molecule has 0 atom stereocenters. The molecule has 1 aromatic heterocycles. The molecule has 0 aliphatic heterocycles. The molecule has 0 radical (unpaired) electrons. The first-order chi connectivity index (χ1) is 7.37. The molecule has 0 saturated carbocycles. The van der Waals surface area contributed by atoms with Gasteiger partial charge in [0.25, 0.3) is 0 Å². The molecule has 1 rings (SSSR count). The lowest BCUT2D eigenvalue weighted by atomic mass is 10.3. The predicted molar refractivity (Wildman–Crippen MR) is 48.1 cm³/mol. The van der Waals surface area contributed by atoms with Crippen LogP contribution in [0.15, 0.2) is 18.2 Å². The van der Waals surface area contributed by atoms with Crippen LogP contribution in [-0.4, -0.2) is 17.1 Å². The topological polar surface area (TPSA) is 42.0 Å². The summed E-state index contributed by atoms with van der Waals surface area (Å²) in [6, 6.07) is 3.64. The maximum atomic E-state index is 12.6. The van der Waals surface area contributed by atoms with Crippen LogP contribution in [0.25, 0.3) is 0 Å². The molecule has 16 heavy (non-hydrogen) atoms. The number of rotatable bonds is 3. The molecule has 0 unspecified atom stereocenters. The molecule has 1 aromatic rings. The Bertz CT molecular complexity index is 378. The van der Waals surface area contributed by atoms with Gasteiger partial charge in [0.2, 0.25) is 11.9 Å². The number of carbonyl (C=O) groups excluding carboxylic acids is 1. The number of carbonyl (C=O) groups is 1. The highest BCUT2D eigenvalue weighted by Gasteiger charge is 2.27. The number of hydrogen-bond acceptors (Lipinski definition) is 2. The van der Waals surface area contributed by atoms with Gasteiger partial charge in [-0.3, -0.25) is 4.79 Å². The summed E-state index contributed by atoms with van der Waals surface area (Å²) in [4.78, 5) is 14.3. The number of halogens is 4. The molecule has 0 bridgehead atoms. The molecule has 7 heteroatoms. The van der Waals surface area contributed by atoms with Crippen LogP contribution < -0.4 is 5.32 Å². The van der Waals surface area contributed by atoms with E-state index in [0.29, 0.717) is 0 Å². The van der Waals surface area contributed by atoms with Crippen molar-refractivity contribution in [2.45, 2.75) is 19.0 Å². The lowest BCUT2D eigenvalue weighted by molar-refractivity contribution is -0.142. The molecule has 0 saturated heterocycles. The zero-order chi connectivity index (χ0) is 12.2. The molecule has 0 aromatic carbocycles. The summed E-state index contributed by atoms with van der Waals surface area (Å²) in [5, 5.41) is 2.07. The molecule has 1 N–H and O–H groups in total. The van der Waals surface area contributed by atoms with Crippen molar-refractivity contribution in [2.24, 2.45) is 0 Å². The maximum absolute atomic E-state index is 12.6. The summed E-state index contributed by atoms with van der Waals surface area (Å²) in [5.41, 5.74) is 0. The van der Waals surface area contributed by atoms with Crippen molar-refractivity contribution in [3.63, 3.8) is 0 Å². The van der Waals surface area contributed by atoms with E-state index in [0.717, 1.165) is 6.07 Å². The van der Waals surface area contributed by atoms with Crippen molar-refractivity contribution < 1.29 is 22.4 Å². The lowest BCUT2D eigenvalue weighted by Crippen LogP contribution is -2.17. The third kappa shape index (κ3) is 4.72. The van der Waals surface area contributed by atoms with Gasteiger partial charge < -0.3 is 5.32 Å². The van der Waals surface area contributed by atoms with Gasteiger partial charge in [0.05, 0.1) is 6.42 Å². The van der Waals surface area contributed by atoms with E-state index in [1.54, 1.807) is 0 Å². The summed E-state index contributed by atoms with van der Waals surface area (Å²) >= 11 is 0. The van der Waals surface area contributed by atoms with Crippen molar-refractivity contribution in [2.75, 3.05) is 5.32 Å². The molecule has 0 aliphatic carbocycles. The third-order valence-electron chi connectivity index (χ3n) is 1.62. The van der Waals surface area contributed by atoms with Crippen molar-refractivity contribution in [3.8, 4) is 0 Å². The Balaban J connectivity index is 2.46. The monoisotopic (exact) mass is 236 g/mol. The number of hydrogen-bond donors (Lipinski definition) is 1. The van der Waals surface area contributed by atoms with Gasteiger partial charge in [-0.2, -0.15) is 17.6 Å². The van der Waals surface area contributed by atoms with Crippen molar-refractivity contribution in [1.29, 1.82) is 0 Å². The maximum Gasteiger partial charge on any atom is 0.389 e. The Morgan fingerprint density at radius 1 is 1.38 bits per heavy atom. The molecule has 0 fully saturated rings. The molecular formula is C9H8F4N2O. The average Bonchev–Trinajstić information content (AvgIpc) is 2.14. The fraction of sp³-hybridized carbons (Fsp3) is 0.333. The lowest BCUT2D eigenvalue weighted by Gasteiger charge is -2.06. The number of alkyl halides is 3. The minimum Gasteiger partial charge on any atom is -0.311 e. The van der Waals surface area contributed by atoms with Crippen LogP contribution in [0.5, 0.6) is 0 Å². The van der Waals surface area contributed by atoms with Crippen LogP contribution in [-0.2, 0) is 4.79 Å². The smallest absolute Gasteiger partial charge is 0.311 e. The van der Waals surface area contributed by atoms with E-state index in [1.807, 2.05) is 0 Å². The second-order valence-electron chi connectivity index (χ2n) is 3.01. The Labute approximate surface area is 88.5 Å². The fourth-order valence-electron chi connectivity index (χ4n) is 0.938. The first kappa shape index (κ1) is 12.4. The van der Waals surface area contributed by atoms with Crippen LogP contribution in [0.2, 0.25) is 0 Å². The quantitative estimate of drug-likeness (QED) is 0.647. The summed E-state index contributed by atoms with van der Waals surface area (Å²) < 4.78 is 47.8. The normalized spacial score (nSPS) is 11.2. The van der Waals surface area contributed by atoms with E-state index < -0.39 is 30.9 Å².